The molecule has 2 aliphatic rings. The van der Waals surface area contributed by atoms with Gasteiger partial charge in [0.25, 0.3) is 0 Å². The molecule has 3 unspecified atom stereocenters. The third-order valence-corrected chi connectivity index (χ3v) is 6.61. The van der Waals surface area contributed by atoms with Crippen LogP contribution in [0.25, 0.3) is 0 Å². The zero-order chi connectivity index (χ0) is 18.5. The number of thiophene rings is 1. The molecule has 0 bridgehead atoms. The number of carbonyl (C=O) groups excluding carboxylic acids is 4. The van der Waals surface area contributed by atoms with Crippen LogP contribution in [0.1, 0.15) is 25.3 Å². The molecule has 8 nitrogen and oxygen atoms in total. The van der Waals surface area contributed by atoms with Gasteiger partial charge in [-0.2, -0.15) is 11.3 Å². The fourth-order valence-electron chi connectivity index (χ4n) is 3.20. The maximum atomic E-state index is 12.4. The van der Waals surface area contributed by atoms with E-state index in [0.29, 0.717) is 0 Å². The molecule has 0 spiro atoms. The quantitative estimate of drug-likeness (QED) is 0.280. The van der Waals surface area contributed by atoms with Crippen LogP contribution in [0.4, 0.5) is 0 Å². The standard InChI is InChI=1S/C15H16N2O6S2.2Na/c1-15(2)9(14(22)23)17-11(19)8(12(17)25-15)16-10(18)7(13(20)21)6-3-4-24-5-6;;/h3-5,7-9,12H,1-2H3,(H,16,18)(H,20,21)(H,22,23);;/q;2*+1/p-2/t7?,8?,9?,12-;;/m1../s1. The van der Waals surface area contributed by atoms with Crippen LogP contribution in [0, 0.1) is 0 Å². The Bertz CT molecular complexity index is 757. The van der Waals surface area contributed by atoms with Gasteiger partial charge in [-0.1, -0.05) is 0 Å². The van der Waals surface area contributed by atoms with Crippen molar-refractivity contribution in [1.82, 2.24) is 10.2 Å². The van der Waals surface area contributed by atoms with Crippen molar-refractivity contribution in [1.29, 1.82) is 0 Å². The topological polar surface area (TPSA) is 130 Å². The van der Waals surface area contributed by atoms with E-state index in [9.17, 15) is 29.4 Å². The Hall–Kier alpha value is -0.0700. The number of aliphatic carboxylic acids is 2. The summed E-state index contributed by atoms with van der Waals surface area (Å²) < 4.78 is -0.778. The van der Waals surface area contributed by atoms with E-state index in [4.69, 9.17) is 0 Å². The van der Waals surface area contributed by atoms with Gasteiger partial charge < -0.3 is 30.0 Å². The molecule has 2 amide bonds. The second kappa shape index (κ2) is 9.17. The van der Waals surface area contributed by atoms with Crippen molar-refractivity contribution >= 4 is 46.9 Å². The van der Waals surface area contributed by atoms with Crippen LogP contribution >= 0.6 is 23.1 Å². The van der Waals surface area contributed by atoms with Crippen molar-refractivity contribution in [2.75, 3.05) is 0 Å². The summed E-state index contributed by atoms with van der Waals surface area (Å²) in [5.41, 5.74) is 0.276. The predicted molar refractivity (Wildman–Crippen MR) is 85.1 cm³/mol. The van der Waals surface area contributed by atoms with Crippen molar-refractivity contribution in [2.24, 2.45) is 0 Å². The smallest absolute Gasteiger partial charge is 0.549 e. The third-order valence-electron chi connectivity index (χ3n) is 4.34. The van der Waals surface area contributed by atoms with Gasteiger partial charge in [-0.05, 0) is 36.2 Å². The van der Waals surface area contributed by atoms with Gasteiger partial charge in [-0.3, -0.25) is 9.59 Å². The largest absolute Gasteiger partial charge is 1.00 e. The number of amides is 2. The van der Waals surface area contributed by atoms with E-state index in [-0.39, 0.29) is 64.7 Å². The Morgan fingerprint density at radius 2 is 1.89 bits per heavy atom. The monoisotopic (exact) mass is 428 g/mol. The first-order chi connectivity index (χ1) is 11.6. The summed E-state index contributed by atoms with van der Waals surface area (Å²) in [6.07, 6.45) is 0. The number of nitrogens with zero attached hydrogens (tertiary/aromatic N) is 1. The molecule has 0 radical (unpaired) electrons. The van der Waals surface area contributed by atoms with Crippen LogP contribution < -0.4 is 74.6 Å². The summed E-state index contributed by atoms with van der Waals surface area (Å²) in [6.45, 7) is 3.36. The molecule has 27 heavy (non-hydrogen) atoms. The Morgan fingerprint density at radius 1 is 1.26 bits per heavy atom. The minimum atomic E-state index is -1.56. The average molecular weight is 428 g/mol. The van der Waals surface area contributed by atoms with Crippen LogP contribution in [-0.4, -0.2) is 50.9 Å². The number of β-lactam (4-membered cyclic amide) rings is 1. The number of hydrogen-bond acceptors (Lipinski definition) is 8. The summed E-state index contributed by atoms with van der Waals surface area (Å²) in [4.78, 5) is 48.5. The maximum absolute atomic E-state index is 12.4. The zero-order valence-electron chi connectivity index (χ0n) is 15.3. The average Bonchev–Trinajstić information content (AvgIpc) is 3.09. The van der Waals surface area contributed by atoms with Crippen molar-refractivity contribution in [3.63, 3.8) is 0 Å². The normalized spacial score (nSPS) is 25.9. The van der Waals surface area contributed by atoms with Gasteiger partial charge in [-0.25, -0.2) is 0 Å². The number of carboxylic acids is 2. The van der Waals surface area contributed by atoms with Crippen molar-refractivity contribution in [3.05, 3.63) is 22.4 Å². The van der Waals surface area contributed by atoms with E-state index in [1.54, 1.807) is 19.2 Å². The first kappa shape index (κ1) is 25.0. The fourth-order valence-corrected chi connectivity index (χ4v) is 5.50. The van der Waals surface area contributed by atoms with E-state index in [1.165, 1.54) is 39.4 Å². The number of carboxylic acid groups (broad SMARTS) is 2. The minimum absolute atomic E-state index is 0. The van der Waals surface area contributed by atoms with Gasteiger partial charge >= 0.3 is 59.1 Å². The summed E-state index contributed by atoms with van der Waals surface area (Å²) in [6, 6.07) is -0.572. The van der Waals surface area contributed by atoms with E-state index in [2.05, 4.69) is 5.32 Å². The van der Waals surface area contributed by atoms with Crippen LogP contribution in [0.5, 0.6) is 0 Å². The zero-order valence-corrected chi connectivity index (χ0v) is 20.9. The fraction of sp³-hybridized carbons (Fsp3) is 0.467. The first-order valence-corrected chi connectivity index (χ1v) is 9.21. The number of rotatable bonds is 5. The Kier molecular flexibility index (Phi) is 8.48. The summed E-state index contributed by atoms with van der Waals surface area (Å²) >= 11 is 2.47. The second-order valence-electron chi connectivity index (χ2n) is 6.37. The number of hydrogen-bond donors (Lipinski definition) is 1. The van der Waals surface area contributed by atoms with Gasteiger partial charge in [0.05, 0.1) is 18.0 Å². The molecule has 1 aromatic rings. The molecule has 3 heterocycles. The predicted octanol–water partition coefficient (Wildman–Crippen LogP) is -8.11. The Labute approximate surface area is 208 Å². The maximum Gasteiger partial charge on any atom is 1.00 e. The summed E-state index contributed by atoms with van der Waals surface area (Å²) in [5.74, 6) is -5.86. The van der Waals surface area contributed by atoms with E-state index < -0.39 is 51.9 Å². The van der Waals surface area contributed by atoms with Gasteiger partial charge in [0.2, 0.25) is 11.8 Å². The molecule has 3 rings (SSSR count). The van der Waals surface area contributed by atoms with E-state index >= 15 is 0 Å². The minimum Gasteiger partial charge on any atom is -0.549 e. The summed E-state index contributed by atoms with van der Waals surface area (Å²) in [7, 11) is 0. The van der Waals surface area contributed by atoms with Crippen LogP contribution in [0.2, 0.25) is 0 Å². The number of fused-ring (bicyclic) bond motifs is 1. The van der Waals surface area contributed by atoms with Crippen molar-refractivity contribution < 1.29 is 88.5 Å². The molecule has 2 aliphatic heterocycles. The molecule has 0 aromatic carbocycles. The molecule has 0 aliphatic carbocycles. The van der Waals surface area contributed by atoms with Gasteiger partial charge in [-0.15, -0.1) is 11.8 Å². The van der Waals surface area contributed by atoms with Crippen LogP contribution in [0.3, 0.4) is 0 Å². The van der Waals surface area contributed by atoms with Gasteiger partial charge in [0.15, 0.2) is 0 Å². The number of nitrogens with one attached hydrogen (secondary N) is 1. The Morgan fingerprint density at radius 3 is 2.37 bits per heavy atom. The van der Waals surface area contributed by atoms with Crippen LogP contribution in [0.15, 0.2) is 16.8 Å². The SMILES string of the molecule is CC1(C)S[C@@H]2C(NC(=O)C(C(=O)[O-])c3ccsc3)C(=O)N2C1C(=O)[O-].[Na+].[Na+]. The third kappa shape index (κ3) is 4.42. The van der Waals surface area contributed by atoms with Gasteiger partial charge in [0, 0.05) is 4.75 Å². The van der Waals surface area contributed by atoms with Crippen molar-refractivity contribution in [2.45, 2.75) is 42.0 Å². The Balaban J connectivity index is 0.00000182. The molecule has 2 fully saturated rings. The molecule has 1 N–H and O–H groups in total. The first-order valence-electron chi connectivity index (χ1n) is 7.39. The molecule has 0 saturated carbocycles. The molecule has 134 valence electrons. The molecular weight excluding hydrogens is 414 g/mol. The summed E-state index contributed by atoms with van der Waals surface area (Å²) in [5, 5.41) is 27.7. The second-order valence-corrected chi connectivity index (χ2v) is 8.92. The van der Waals surface area contributed by atoms with Crippen LogP contribution in [-0.2, 0) is 19.2 Å². The molecule has 12 heteroatoms. The molecule has 4 atom stereocenters. The molecular formula is C15H14N2Na2O6S2. The van der Waals surface area contributed by atoms with Crippen molar-refractivity contribution in [3.8, 4) is 0 Å². The number of thioether (sulfide) groups is 1. The molecule has 1 aromatic heterocycles. The molecule has 2 saturated heterocycles. The van der Waals surface area contributed by atoms with E-state index in [0.717, 1.165) is 0 Å². The number of carbonyl (C=O) groups is 4. The van der Waals surface area contributed by atoms with Gasteiger partial charge in [0.1, 0.15) is 17.3 Å². The van der Waals surface area contributed by atoms with E-state index in [1.807, 2.05) is 0 Å².